The van der Waals surface area contributed by atoms with Gasteiger partial charge in [-0.15, -0.1) is 0 Å². The van der Waals surface area contributed by atoms with Crippen LogP contribution in [0.1, 0.15) is 24.0 Å². The number of benzene rings is 1. The molecule has 2 aliphatic rings. The minimum absolute atomic E-state index is 0.179. The fourth-order valence-corrected chi connectivity index (χ4v) is 2.81. The highest BCUT2D eigenvalue weighted by atomic mass is 19.1. The molecule has 3 rings (SSSR count). The van der Waals surface area contributed by atoms with E-state index in [2.05, 4.69) is 5.32 Å². The van der Waals surface area contributed by atoms with Crippen LogP contribution in [0.5, 0.6) is 0 Å². The zero-order valence-electron chi connectivity index (χ0n) is 9.70. The zero-order valence-corrected chi connectivity index (χ0v) is 9.70. The van der Waals surface area contributed by atoms with Crippen LogP contribution < -0.4 is 5.32 Å². The molecule has 6 heteroatoms. The Morgan fingerprint density at radius 2 is 2.11 bits per heavy atom. The number of hydrogen-bond acceptors (Lipinski definition) is 2. The summed E-state index contributed by atoms with van der Waals surface area (Å²) in [6.07, 6.45) is 0.416. The molecule has 18 heavy (non-hydrogen) atoms. The number of amides is 1. The third-order valence-corrected chi connectivity index (χ3v) is 3.75. The SMILES string of the molecule is [B]C1([B])CC[C@@]2(COC(=O)N2)c2cccc(F)c21. The second-order valence-electron chi connectivity index (χ2n) is 4.99. The summed E-state index contributed by atoms with van der Waals surface area (Å²) in [5.74, 6) is -0.447. The maximum Gasteiger partial charge on any atom is 0.408 e. The molecule has 4 radical (unpaired) electrons. The first-order chi connectivity index (χ1) is 8.45. The van der Waals surface area contributed by atoms with Crippen molar-refractivity contribution in [3.05, 3.63) is 35.1 Å². The first kappa shape index (κ1) is 11.6. The standard InChI is InChI=1S/C12H10B2FNO2/c13-12(14)5-4-11(6-18-10(17)16-11)7-2-1-3-8(15)9(7)12/h1-3H,4-6H2,(H,16,17)/t11-/m1/s1. The molecule has 0 aromatic heterocycles. The molecule has 1 aromatic rings. The molecule has 0 unspecified atom stereocenters. The number of halogens is 1. The molecule has 1 aliphatic heterocycles. The lowest BCUT2D eigenvalue weighted by molar-refractivity contribution is 0.169. The van der Waals surface area contributed by atoms with E-state index in [1.54, 1.807) is 12.1 Å². The van der Waals surface area contributed by atoms with Crippen LogP contribution in [0.25, 0.3) is 0 Å². The largest absolute Gasteiger partial charge is 0.447 e. The van der Waals surface area contributed by atoms with Gasteiger partial charge in [-0.3, -0.25) is 0 Å². The zero-order chi connectivity index (χ0) is 13.0. The number of fused-ring (bicyclic) bond motifs is 2. The highest BCUT2D eigenvalue weighted by Gasteiger charge is 2.48. The van der Waals surface area contributed by atoms with E-state index in [-0.39, 0.29) is 12.2 Å². The van der Waals surface area contributed by atoms with Gasteiger partial charge in [0, 0.05) is 0 Å². The van der Waals surface area contributed by atoms with Crippen molar-refractivity contribution in [3.63, 3.8) is 0 Å². The van der Waals surface area contributed by atoms with Gasteiger partial charge in [0.2, 0.25) is 0 Å². The molecule has 0 bridgehead atoms. The summed E-state index contributed by atoms with van der Waals surface area (Å²) in [6.45, 7) is 0.179. The third kappa shape index (κ3) is 1.48. The number of hydrogen-bond donors (Lipinski definition) is 1. The van der Waals surface area contributed by atoms with E-state index in [0.29, 0.717) is 18.4 Å². The van der Waals surface area contributed by atoms with Gasteiger partial charge in [-0.1, -0.05) is 23.8 Å². The van der Waals surface area contributed by atoms with Crippen LogP contribution in [-0.2, 0) is 15.5 Å². The van der Waals surface area contributed by atoms with Crippen molar-refractivity contribution in [2.75, 3.05) is 6.61 Å². The van der Waals surface area contributed by atoms with E-state index < -0.39 is 22.7 Å². The number of carbonyl (C=O) groups is 1. The molecule has 0 saturated carbocycles. The number of carbonyl (C=O) groups excluding carboxylic acids is 1. The Balaban J connectivity index is 2.20. The molecule has 88 valence electrons. The summed E-state index contributed by atoms with van der Waals surface area (Å²) in [5, 5.41) is 1.54. The van der Waals surface area contributed by atoms with Gasteiger partial charge in [0.15, 0.2) is 0 Å². The summed E-state index contributed by atoms with van der Waals surface area (Å²) < 4.78 is 18.9. The van der Waals surface area contributed by atoms with Crippen LogP contribution in [0.2, 0.25) is 0 Å². The van der Waals surface area contributed by atoms with Crippen LogP contribution in [0, 0.1) is 5.82 Å². The van der Waals surface area contributed by atoms with Gasteiger partial charge >= 0.3 is 6.09 Å². The number of cyclic esters (lactones) is 1. The van der Waals surface area contributed by atoms with Crippen molar-refractivity contribution >= 4 is 21.8 Å². The summed E-state index contributed by atoms with van der Waals surface area (Å²) in [6, 6.07) is 4.65. The van der Waals surface area contributed by atoms with Crippen molar-refractivity contribution in [3.8, 4) is 0 Å². The molecule has 1 aromatic carbocycles. The van der Waals surface area contributed by atoms with Gasteiger partial charge in [-0.05, 0) is 23.6 Å². The Morgan fingerprint density at radius 1 is 1.33 bits per heavy atom. The highest BCUT2D eigenvalue weighted by Crippen LogP contribution is 2.44. The van der Waals surface area contributed by atoms with Crippen molar-refractivity contribution in [2.45, 2.75) is 23.6 Å². The lowest BCUT2D eigenvalue weighted by atomic mass is 9.44. The first-order valence-electron chi connectivity index (χ1n) is 5.77. The molecule has 3 nitrogen and oxygen atoms in total. The second kappa shape index (κ2) is 3.53. The predicted molar refractivity (Wildman–Crippen MR) is 65.0 cm³/mol. The molecule has 1 fully saturated rings. The van der Waals surface area contributed by atoms with Crippen LogP contribution in [0.4, 0.5) is 9.18 Å². The average molecular weight is 241 g/mol. The van der Waals surface area contributed by atoms with E-state index >= 15 is 0 Å². The second-order valence-corrected chi connectivity index (χ2v) is 4.99. The van der Waals surface area contributed by atoms with Crippen molar-refractivity contribution < 1.29 is 13.9 Å². The number of alkyl carbamates (subject to hydrolysis) is 1. The first-order valence-corrected chi connectivity index (χ1v) is 5.77. The average Bonchev–Trinajstić information content (AvgIpc) is 2.68. The van der Waals surface area contributed by atoms with Crippen LogP contribution >= 0.6 is 0 Å². The van der Waals surface area contributed by atoms with E-state index in [0.717, 1.165) is 0 Å². The Kier molecular flexibility index (Phi) is 2.28. The predicted octanol–water partition coefficient (Wildman–Crippen LogP) is 1.04. The smallest absolute Gasteiger partial charge is 0.408 e. The minimum atomic E-state index is -1.21. The molecular weight excluding hydrogens is 231 g/mol. The Morgan fingerprint density at radius 3 is 2.78 bits per heavy atom. The Labute approximate surface area is 107 Å². The maximum absolute atomic E-state index is 14.0. The monoisotopic (exact) mass is 241 g/mol. The maximum atomic E-state index is 14.0. The molecule has 1 saturated heterocycles. The van der Waals surface area contributed by atoms with E-state index in [4.69, 9.17) is 20.4 Å². The number of rotatable bonds is 0. The van der Waals surface area contributed by atoms with E-state index in [1.807, 2.05) is 0 Å². The summed E-state index contributed by atoms with van der Waals surface area (Å²) in [7, 11) is 11.9. The molecule has 1 N–H and O–H groups in total. The van der Waals surface area contributed by atoms with Gasteiger partial charge in [0.1, 0.15) is 18.0 Å². The molecular formula is C12H10B2FNO2. The Bertz CT molecular complexity index is 535. The lowest BCUT2D eigenvalue weighted by Crippen LogP contribution is -2.49. The van der Waals surface area contributed by atoms with Gasteiger partial charge in [-0.2, -0.15) is 0 Å². The number of nitrogens with one attached hydrogen (secondary N) is 1. The fraction of sp³-hybridized carbons (Fsp3) is 0.417. The van der Waals surface area contributed by atoms with Gasteiger partial charge in [0.25, 0.3) is 0 Å². The van der Waals surface area contributed by atoms with Crippen molar-refractivity contribution in [1.82, 2.24) is 5.32 Å². The number of ether oxygens (including phenoxy) is 1. The normalized spacial score (nSPS) is 28.6. The summed E-state index contributed by atoms with van der Waals surface area (Å²) in [4.78, 5) is 11.3. The quantitative estimate of drug-likeness (QED) is 0.689. The third-order valence-electron chi connectivity index (χ3n) is 3.75. The molecule has 1 spiro atoms. The van der Waals surface area contributed by atoms with Crippen molar-refractivity contribution in [2.24, 2.45) is 0 Å². The van der Waals surface area contributed by atoms with Crippen LogP contribution in [0.15, 0.2) is 18.2 Å². The van der Waals surface area contributed by atoms with Crippen LogP contribution in [-0.4, -0.2) is 28.4 Å². The van der Waals surface area contributed by atoms with E-state index in [1.165, 1.54) is 6.07 Å². The molecule has 1 aliphatic carbocycles. The topological polar surface area (TPSA) is 38.3 Å². The minimum Gasteiger partial charge on any atom is -0.447 e. The van der Waals surface area contributed by atoms with Gasteiger partial charge < -0.3 is 10.1 Å². The fourth-order valence-electron chi connectivity index (χ4n) is 2.81. The van der Waals surface area contributed by atoms with Crippen LogP contribution in [0.3, 0.4) is 0 Å². The lowest BCUT2D eigenvalue weighted by Gasteiger charge is -2.42. The van der Waals surface area contributed by atoms with Gasteiger partial charge in [0.05, 0.1) is 15.7 Å². The summed E-state index contributed by atoms with van der Waals surface area (Å²) >= 11 is 0. The molecule has 1 atom stereocenters. The van der Waals surface area contributed by atoms with E-state index in [9.17, 15) is 9.18 Å². The molecule has 1 heterocycles. The molecule has 1 amide bonds. The Hall–Kier alpha value is -1.45. The highest BCUT2D eigenvalue weighted by molar-refractivity contribution is 6.40. The van der Waals surface area contributed by atoms with Gasteiger partial charge in [-0.25, -0.2) is 9.18 Å². The van der Waals surface area contributed by atoms with Crippen molar-refractivity contribution in [1.29, 1.82) is 0 Å². The summed E-state index contributed by atoms with van der Waals surface area (Å²) in [5.41, 5.74) is 0.183.